The van der Waals surface area contributed by atoms with Crippen LogP contribution in [0.25, 0.3) is 0 Å². The van der Waals surface area contributed by atoms with Crippen molar-refractivity contribution in [3.8, 4) is 0 Å². The van der Waals surface area contributed by atoms with Gasteiger partial charge in [-0.15, -0.1) is 0 Å². The van der Waals surface area contributed by atoms with Crippen molar-refractivity contribution in [2.75, 3.05) is 24.3 Å². The fourth-order valence-corrected chi connectivity index (χ4v) is 1.60. The number of aromatic nitrogens is 1. The summed E-state index contributed by atoms with van der Waals surface area (Å²) in [5.74, 6) is 1.38. The zero-order valence-corrected chi connectivity index (χ0v) is 8.07. The third-order valence-corrected chi connectivity index (χ3v) is 2.28. The topological polar surface area (TPSA) is 60.2 Å². The minimum atomic E-state index is 0.373. The molecule has 0 radical (unpaired) electrons. The second kappa shape index (κ2) is 4.28. The van der Waals surface area contributed by atoms with Crippen LogP contribution in [0.1, 0.15) is 12.8 Å². The van der Waals surface area contributed by atoms with Crippen LogP contribution in [0.2, 0.25) is 0 Å². The average Bonchev–Trinajstić information content (AvgIpc) is 2.19. The van der Waals surface area contributed by atoms with Crippen LogP contribution in [-0.4, -0.2) is 24.2 Å². The zero-order valence-electron chi connectivity index (χ0n) is 8.07. The number of hydrogen-bond donors (Lipinski definition) is 2. The number of nitrogen functional groups attached to an aromatic ring is 1. The van der Waals surface area contributed by atoms with Crippen molar-refractivity contribution in [2.24, 2.45) is 0 Å². The summed E-state index contributed by atoms with van der Waals surface area (Å²) in [6.07, 6.45) is 2.25. The van der Waals surface area contributed by atoms with Gasteiger partial charge in [0.05, 0.1) is 12.6 Å². The molecule has 0 bridgehead atoms. The van der Waals surface area contributed by atoms with Crippen LogP contribution in [-0.2, 0) is 4.74 Å². The van der Waals surface area contributed by atoms with Crippen molar-refractivity contribution >= 4 is 11.6 Å². The first-order valence-corrected chi connectivity index (χ1v) is 4.91. The SMILES string of the molecule is Nc1cccc(NC2CCCOC2)n1. The molecule has 2 rings (SSSR count). The molecule has 76 valence electrons. The quantitative estimate of drug-likeness (QED) is 0.742. The summed E-state index contributed by atoms with van der Waals surface area (Å²) in [5.41, 5.74) is 5.58. The second-order valence-electron chi connectivity index (χ2n) is 3.51. The van der Waals surface area contributed by atoms with Crippen molar-refractivity contribution in [1.29, 1.82) is 0 Å². The van der Waals surface area contributed by atoms with E-state index in [0.717, 1.165) is 31.9 Å². The van der Waals surface area contributed by atoms with Crippen LogP contribution in [0.5, 0.6) is 0 Å². The van der Waals surface area contributed by atoms with E-state index in [1.54, 1.807) is 6.07 Å². The molecule has 0 amide bonds. The monoisotopic (exact) mass is 193 g/mol. The molecule has 1 aliphatic heterocycles. The summed E-state index contributed by atoms with van der Waals surface area (Å²) in [6.45, 7) is 1.64. The molecule has 1 unspecified atom stereocenters. The summed E-state index contributed by atoms with van der Waals surface area (Å²) < 4.78 is 5.36. The molecule has 1 aromatic heterocycles. The summed E-state index contributed by atoms with van der Waals surface area (Å²) in [7, 11) is 0. The second-order valence-corrected chi connectivity index (χ2v) is 3.51. The smallest absolute Gasteiger partial charge is 0.128 e. The first-order chi connectivity index (χ1) is 6.84. The molecule has 1 saturated heterocycles. The van der Waals surface area contributed by atoms with E-state index in [0.29, 0.717) is 11.9 Å². The van der Waals surface area contributed by atoms with Crippen LogP contribution in [0, 0.1) is 0 Å². The summed E-state index contributed by atoms with van der Waals surface area (Å²) in [5, 5.41) is 3.31. The lowest BCUT2D eigenvalue weighted by Gasteiger charge is -2.23. The molecule has 1 aliphatic rings. The predicted molar refractivity (Wildman–Crippen MR) is 56.1 cm³/mol. The van der Waals surface area contributed by atoms with Gasteiger partial charge >= 0.3 is 0 Å². The summed E-state index contributed by atoms with van der Waals surface area (Å²) in [4.78, 5) is 4.18. The van der Waals surface area contributed by atoms with Gasteiger partial charge in [0.2, 0.25) is 0 Å². The molecule has 0 aliphatic carbocycles. The Hall–Kier alpha value is -1.29. The normalized spacial score (nSPS) is 21.9. The van der Waals surface area contributed by atoms with Gasteiger partial charge in [0.15, 0.2) is 0 Å². The first-order valence-electron chi connectivity index (χ1n) is 4.91. The van der Waals surface area contributed by atoms with Crippen molar-refractivity contribution in [2.45, 2.75) is 18.9 Å². The van der Waals surface area contributed by atoms with Crippen molar-refractivity contribution in [3.63, 3.8) is 0 Å². The van der Waals surface area contributed by atoms with E-state index >= 15 is 0 Å². The molecular formula is C10H15N3O. The Morgan fingerprint density at radius 1 is 1.50 bits per heavy atom. The van der Waals surface area contributed by atoms with Gasteiger partial charge in [-0.2, -0.15) is 0 Å². The fraction of sp³-hybridized carbons (Fsp3) is 0.500. The number of ether oxygens (including phenoxy) is 1. The van der Waals surface area contributed by atoms with Crippen LogP contribution in [0.4, 0.5) is 11.6 Å². The largest absolute Gasteiger partial charge is 0.384 e. The number of nitrogens with one attached hydrogen (secondary N) is 1. The number of rotatable bonds is 2. The lowest BCUT2D eigenvalue weighted by molar-refractivity contribution is 0.0875. The minimum absolute atomic E-state index is 0.373. The molecule has 1 aromatic rings. The number of hydrogen-bond acceptors (Lipinski definition) is 4. The Balaban J connectivity index is 1.95. The van der Waals surface area contributed by atoms with Gasteiger partial charge in [-0.1, -0.05) is 6.07 Å². The van der Waals surface area contributed by atoms with Gasteiger partial charge in [-0.3, -0.25) is 0 Å². The zero-order chi connectivity index (χ0) is 9.80. The molecule has 2 heterocycles. The highest BCUT2D eigenvalue weighted by Crippen LogP contribution is 2.13. The third-order valence-electron chi connectivity index (χ3n) is 2.28. The van der Waals surface area contributed by atoms with E-state index in [-0.39, 0.29) is 0 Å². The van der Waals surface area contributed by atoms with Crippen LogP contribution in [0.15, 0.2) is 18.2 Å². The van der Waals surface area contributed by atoms with Gasteiger partial charge in [0.1, 0.15) is 11.6 Å². The molecule has 14 heavy (non-hydrogen) atoms. The lowest BCUT2D eigenvalue weighted by atomic mass is 10.1. The van der Waals surface area contributed by atoms with Gasteiger partial charge < -0.3 is 15.8 Å². The first kappa shape index (κ1) is 9.27. The van der Waals surface area contributed by atoms with E-state index < -0.39 is 0 Å². The maximum Gasteiger partial charge on any atom is 0.128 e. The average molecular weight is 193 g/mol. The number of anilines is 2. The van der Waals surface area contributed by atoms with E-state index in [1.807, 2.05) is 12.1 Å². The number of nitrogens with zero attached hydrogens (tertiary/aromatic N) is 1. The van der Waals surface area contributed by atoms with Crippen molar-refractivity contribution in [3.05, 3.63) is 18.2 Å². The molecule has 0 aromatic carbocycles. The summed E-state index contributed by atoms with van der Waals surface area (Å²) >= 11 is 0. The Morgan fingerprint density at radius 3 is 3.14 bits per heavy atom. The molecule has 1 atom stereocenters. The molecular weight excluding hydrogens is 178 g/mol. The number of nitrogens with two attached hydrogens (primary N) is 1. The predicted octanol–water partition coefficient (Wildman–Crippen LogP) is 1.25. The van der Waals surface area contributed by atoms with Gasteiger partial charge in [-0.25, -0.2) is 4.98 Å². The fourth-order valence-electron chi connectivity index (χ4n) is 1.60. The van der Waals surface area contributed by atoms with Crippen LogP contribution >= 0.6 is 0 Å². The highest BCUT2D eigenvalue weighted by Gasteiger charge is 2.13. The molecule has 4 nitrogen and oxygen atoms in total. The Kier molecular flexibility index (Phi) is 2.84. The highest BCUT2D eigenvalue weighted by atomic mass is 16.5. The molecule has 0 saturated carbocycles. The Bertz CT molecular complexity index is 297. The lowest BCUT2D eigenvalue weighted by Crippen LogP contribution is -2.30. The van der Waals surface area contributed by atoms with Gasteiger partial charge in [-0.05, 0) is 25.0 Å². The molecule has 3 N–H and O–H groups in total. The van der Waals surface area contributed by atoms with Crippen molar-refractivity contribution in [1.82, 2.24) is 4.98 Å². The highest BCUT2D eigenvalue weighted by molar-refractivity contribution is 5.42. The van der Waals surface area contributed by atoms with Crippen LogP contribution < -0.4 is 11.1 Å². The van der Waals surface area contributed by atoms with E-state index in [9.17, 15) is 0 Å². The Labute approximate surface area is 83.5 Å². The van der Waals surface area contributed by atoms with E-state index in [2.05, 4.69) is 10.3 Å². The Morgan fingerprint density at radius 2 is 2.43 bits per heavy atom. The minimum Gasteiger partial charge on any atom is -0.384 e. The van der Waals surface area contributed by atoms with Crippen molar-refractivity contribution < 1.29 is 4.74 Å². The van der Waals surface area contributed by atoms with Crippen LogP contribution in [0.3, 0.4) is 0 Å². The molecule has 1 fully saturated rings. The third kappa shape index (κ3) is 2.35. The summed E-state index contributed by atoms with van der Waals surface area (Å²) in [6, 6.07) is 5.97. The number of pyridine rings is 1. The standard InChI is InChI=1S/C10H15N3O/c11-9-4-1-5-10(13-9)12-8-3-2-6-14-7-8/h1,4-5,8H,2-3,6-7H2,(H3,11,12,13). The molecule has 0 spiro atoms. The van der Waals surface area contributed by atoms with Gasteiger partial charge in [0.25, 0.3) is 0 Å². The van der Waals surface area contributed by atoms with E-state index in [4.69, 9.17) is 10.5 Å². The molecule has 4 heteroatoms. The maximum absolute atomic E-state index is 5.58. The van der Waals surface area contributed by atoms with E-state index in [1.165, 1.54) is 0 Å². The van der Waals surface area contributed by atoms with Gasteiger partial charge in [0, 0.05) is 6.61 Å². The maximum atomic E-state index is 5.58.